The number of halogens is 1. The van der Waals surface area contributed by atoms with Crippen LogP contribution in [0.4, 0.5) is 4.39 Å². The van der Waals surface area contributed by atoms with E-state index in [2.05, 4.69) is 26.6 Å². The number of morpholine rings is 1. The number of pyridine rings is 1. The normalized spacial score (nSPS) is 16.0. The summed E-state index contributed by atoms with van der Waals surface area (Å²) < 4.78 is 34.6. The summed E-state index contributed by atoms with van der Waals surface area (Å²) >= 11 is 0. The second kappa shape index (κ2) is 11.5. The zero-order chi connectivity index (χ0) is 25.8. The minimum atomic E-state index is -1.16. The fourth-order valence-corrected chi connectivity index (χ4v) is 5.91. The number of hydrogen-bond donors (Lipinski definition) is 0. The Morgan fingerprint density at radius 3 is 2.38 bits per heavy atom. The number of rotatable bonds is 8. The molecule has 0 saturated carbocycles. The van der Waals surface area contributed by atoms with E-state index in [9.17, 15) is 8.60 Å². The lowest BCUT2D eigenvalue weighted by Gasteiger charge is -2.27. The highest BCUT2D eigenvalue weighted by molar-refractivity contribution is 7.84. The molecule has 37 heavy (non-hydrogen) atoms. The third kappa shape index (κ3) is 5.42. The fraction of sp³-hybridized carbons (Fsp3) is 0.310. The summed E-state index contributed by atoms with van der Waals surface area (Å²) in [5.74, 6) is 0.461. The van der Waals surface area contributed by atoms with Gasteiger partial charge in [0.1, 0.15) is 17.0 Å². The summed E-state index contributed by atoms with van der Waals surface area (Å²) in [6, 6.07) is 18.6. The van der Waals surface area contributed by atoms with Crippen molar-refractivity contribution in [3.8, 4) is 33.9 Å². The van der Waals surface area contributed by atoms with E-state index in [1.54, 1.807) is 30.8 Å². The van der Waals surface area contributed by atoms with Crippen molar-refractivity contribution in [2.45, 2.75) is 25.3 Å². The molecule has 192 valence electrons. The second-order valence-corrected chi connectivity index (χ2v) is 10.7. The number of benzene rings is 2. The standard InChI is InChI=1S/C29H31FN4O2S/c1-3-26(37(2)35)34-28(22-12-14-31-15-13-22)27(21-8-10-24(30)11-9-21)32-29(34)25-7-5-4-6-23(25)20-33-16-18-36-19-17-33/h4-15,26H,3,16-20H2,1-2H3. The molecule has 2 atom stereocenters. The summed E-state index contributed by atoms with van der Waals surface area (Å²) in [6.45, 7) is 6.03. The van der Waals surface area contributed by atoms with E-state index in [0.717, 1.165) is 72.3 Å². The van der Waals surface area contributed by atoms with Crippen molar-refractivity contribution in [3.05, 3.63) is 84.4 Å². The lowest BCUT2D eigenvalue weighted by Crippen LogP contribution is -2.35. The van der Waals surface area contributed by atoms with Gasteiger partial charge in [-0.2, -0.15) is 0 Å². The third-order valence-corrected chi connectivity index (χ3v) is 8.07. The molecule has 0 bridgehead atoms. The lowest BCUT2D eigenvalue weighted by molar-refractivity contribution is 0.0342. The maximum absolute atomic E-state index is 13.9. The zero-order valence-corrected chi connectivity index (χ0v) is 22.0. The maximum atomic E-state index is 13.9. The van der Waals surface area contributed by atoms with Crippen molar-refractivity contribution in [1.82, 2.24) is 19.4 Å². The maximum Gasteiger partial charge on any atom is 0.142 e. The lowest BCUT2D eigenvalue weighted by atomic mass is 10.1. The van der Waals surface area contributed by atoms with Crippen molar-refractivity contribution in [2.75, 3.05) is 32.6 Å². The number of hydrogen-bond acceptors (Lipinski definition) is 5. The molecule has 4 aromatic rings. The van der Waals surface area contributed by atoms with Crippen LogP contribution in [0.15, 0.2) is 73.1 Å². The van der Waals surface area contributed by atoms with Gasteiger partial charge in [-0.3, -0.25) is 14.1 Å². The number of ether oxygens (including phenoxy) is 1. The van der Waals surface area contributed by atoms with E-state index >= 15 is 0 Å². The Bertz CT molecular complexity index is 1370. The smallest absolute Gasteiger partial charge is 0.142 e. The predicted molar refractivity (Wildman–Crippen MR) is 146 cm³/mol. The Labute approximate surface area is 219 Å². The van der Waals surface area contributed by atoms with Crippen LogP contribution in [0.5, 0.6) is 0 Å². The topological polar surface area (TPSA) is 60.2 Å². The van der Waals surface area contributed by atoms with Crippen LogP contribution < -0.4 is 0 Å². The van der Waals surface area contributed by atoms with Crippen molar-refractivity contribution in [1.29, 1.82) is 0 Å². The highest BCUT2D eigenvalue weighted by atomic mass is 32.2. The third-order valence-electron chi connectivity index (χ3n) is 6.76. The van der Waals surface area contributed by atoms with Gasteiger partial charge in [0.25, 0.3) is 0 Å². The van der Waals surface area contributed by atoms with Gasteiger partial charge in [0.05, 0.1) is 24.6 Å². The molecule has 0 amide bonds. The number of imidazole rings is 1. The van der Waals surface area contributed by atoms with Gasteiger partial charge in [-0.25, -0.2) is 9.37 Å². The molecule has 0 N–H and O–H groups in total. The van der Waals surface area contributed by atoms with Gasteiger partial charge >= 0.3 is 0 Å². The van der Waals surface area contributed by atoms with Gasteiger partial charge in [-0.1, -0.05) is 31.2 Å². The average molecular weight is 519 g/mol. The minimum Gasteiger partial charge on any atom is -0.379 e. The Kier molecular flexibility index (Phi) is 7.88. The molecule has 2 unspecified atom stereocenters. The number of aromatic nitrogens is 3. The van der Waals surface area contributed by atoms with Crippen LogP contribution in [0.3, 0.4) is 0 Å². The monoisotopic (exact) mass is 518 g/mol. The average Bonchev–Trinajstić information content (AvgIpc) is 3.30. The first kappa shape index (κ1) is 25.4. The van der Waals surface area contributed by atoms with Crippen LogP contribution in [0.1, 0.15) is 24.3 Å². The van der Waals surface area contributed by atoms with Crippen LogP contribution in [-0.4, -0.2) is 56.2 Å². The van der Waals surface area contributed by atoms with E-state index in [-0.39, 0.29) is 11.2 Å². The van der Waals surface area contributed by atoms with E-state index < -0.39 is 10.8 Å². The largest absolute Gasteiger partial charge is 0.379 e. The molecule has 1 saturated heterocycles. The highest BCUT2D eigenvalue weighted by Gasteiger charge is 2.28. The summed E-state index contributed by atoms with van der Waals surface area (Å²) in [5.41, 5.74) is 5.46. The summed E-state index contributed by atoms with van der Waals surface area (Å²) in [5, 5.41) is -0.295. The first-order chi connectivity index (χ1) is 18.1. The Hall–Kier alpha value is -3.20. The van der Waals surface area contributed by atoms with Gasteiger partial charge in [0, 0.05) is 65.8 Å². The molecule has 6 nitrogen and oxygen atoms in total. The molecule has 0 radical (unpaired) electrons. The van der Waals surface area contributed by atoms with Gasteiger partial charge in [-0.05, 0) is 48.4 Å². The molecular weight excluding hydrogens is 487 g/mol. The van der Waals surface area contributed by atoms with Crippen LogP contribution in [0.25, 0.3) is 33.9 Å². The molecule has 8 heteroatoms. The molecule has 2 aromatic heterocycles. The van der Waals surface area contributed by atoms with Crippen molar-refractivity contribution in [2.24, 2.45) is 0 Å². The van der Waals surface area contributed by atoms with Crippen LogP contribution >= 0.6 is 0 Å². The molecule has 5 rings (SSSR count). The van der Waals surface area contributed by atoms with Gasteiger partial charge in [-0.15, -0.1) is 0 Å². The first-order valence-corrected chi connectivity index (χ1v) is 14.2. The van der Waals surface area contributed by atoms with Gasteiger partial charge in [0.2, 0.25) is 0 Å². The number of nitrogens with zero attached hydrogens (tertiary/aromatic N) is 4. The Balaban J connectivity index is 1.77. The molecule has 1 fully saturated rings. The van der Waals surface area contributed by atoms with Gasteiger partial charge < -0.3 is 9.30 Å². The second-order valence-electron chi connectivity index (χ2n) is 9.15. The highest BCUT2D eigenvalue weighted by Crippen LogP contribution is 2.40. The zero-order valence-electron chi connectivity index (χ0n) is 21.1. The summed E-state index contributed by atoms with van der Waals surface area (Å²) in [7, 11) is -1.16. The van der Waals surface area contributed by atoms with Crippen LogP contribution in [0, 0.1) is 5.82 Å². The predicted octanol–water partition coefficient (Wildman–Crippen LogP) is 5.54. The molecule has 1 aliphatic heterocycles. The quantitative estimate of drug-likeness (QED) is 0.307. The fourth-order valence-electron chi connectivity index (χ4n) is 4.94. The van der Waals surface area contributed by atoms with Crippen LogP contribution in [0.2, 0.25) is 0 Å². The molecule has 0 spiro atoms. The molecule has 2 aromatic carbocycles. The van der Waals surface area contributed by atoms with Crippen molar-refractivity contribution in [3.63, 3.8) is 0 Å². The minimum absolute atomic E-state index is 0.295. The van der Waals surface area contributed by atoms with Gasteiger partial charge in [0.15, 0.2) is 0 Å². The SMILES string of the molecule is CCC(n1c(-c2ccccc2CN2CCOCC2)nc(-c2ccc(F)cc2)c1-c1ccncc1)S(C)=O. The summed E-state index contributed by atoms with van der Waals surface area (Å²) in [6.07, 6.45) is 5.90. The van der Waals surface area contributed by atoms with Crippen molar-refractivity contribution >= 4 is 10.8 Å². The molecule has 0 aliphatic carbocycles. The van der Waals surface area contributed by atoms with E-state index in [0.29, 0.717) is 6.42 Å². The van der Waals surface area contributed by atoms with E-state index in [1.807, 2.05) is 31.2 Å². The van der Waals surface area contributed by atoms with Crippen molar-refractivity contribution < 1.29 is 13.3 Å². The van der Waals surface area contributed by atoms with E-state index in [4.69, 9.17) is 9.72 Å². The molecular formula is C29H31FN4O2S. The Morgan fingerprint density at radius 2 is 1.70 bits per heavy atom. The first-order valence-electron chi connectivity index (χ1n) is 12.6. The Morgan fingerprint density at radius 1 is 1.00 bits per heavy atom. The molecule has 3 heterocycles. The van der Waals surface area contributed by atoms with E-state index in [1.165, 1.54) is 12.1 Å². The molecule has 1 aliphatic rings. The van der Waals surface area contributed by atoms with Crippen LogP contribution in [-0.2, 0) is 22.1 Å². The summed E-state index contributed by atoms with van der Waals surface area (Å²) in [4.78, 5) is 11.8.